The Labute approximate surface area is 168 Å². The van der Waals surface area contributed by atoms with Crippen molar-refractivity contribution in [3.05, 3.63) is 63.9 Å². The first kappa shape index (κ1) is 19.5. The van der Waals surface area contributed by atoms with Gasteiger partial charge in [-0.1, -0.05) is 28.1 Å². The number of nitrogens with zero attached hydrogens (tertiary/aromatic N) is 2. The van der Waals surface area contributed by atoms with Gasteiger partial charge in [-0.25, -0.2) is 9.18 Å². The number of halogens is 2. The van der Waals surface area contributed by atoms with Gasteiger partial charge in [0, 0.05) is 4.47 Å². The molecule has 0 aliphatic carbocycles. The van der Waals surface area contributed by atoms with E-state index >= 15 is 0 Å². The van der Waals surface area contributed by atoms with Crippen LogP contribution in [-0.4, -0.2) is 29.3 Å². The van der Waals surface area contributed by atoms with Gasteiger partial charge in [0.25, 0.3) is 5.91 Å². The molecule has 2 aromatic carbocycles. The van der Waals surface area contributed by atoms with E-state index in [9.17, 15) is 18.8 Å². The van der Waals surface area contributed by atoms with Crippen molar-refractivity contribution in [2.75, 3.05) is 11.9 Å². The van der Waals surface area contributed by atoms with Gasteiger partial charge in [-0.3, -0.25) is 14.5 Å². The molecule has 2 N–H and O–H groups in total. The number of carbonyl (C=O) groups excluding carboxylic acids is 3. The van der Waals surface area contributed by atoms with Crippen LogP contribution in [0.1, 0.15) is 18.1 Å². The molecule has 3 rings (SSSR count). The van der Waals surface area contributed by atoms with Crippen molar-refractivity contribution in [2.24, 2.45) is 0 Å². The van der Waals surface area contributed by atoms with Gasteiger partial charge < -0.3 is 10.6 Å². The Kier molecular flexibility index (Phi) is 5.16. The quantitative estimate of drug-likeness (QED) is 0.707. The van der Waals surface area contributed by atoms with Crippen molar-refractivity contribution in [3.8, 4) is 6.07 Å². The van der Waals surface area contributed by atoms with E-state index in [1.54, 1.807) is 18.2 Å². The Bertz CT molecular complexity index is 1020. The Balaban J connectivity index is 1.76. The molecule has 1 fully saturated rings. The predicted octanol–water partition coefficient (Wildman–Crippen LogP) is 2.87. The predicted molar refractivity (Wildman–Crippen MR) is 101 cm³/mol. The summed E-state index contributed by atoms with van der Waals surface area (Å²) in [6.07, 6.45) is 0. The van der Waals surface area contributed by atoms with Crippen molar-refractivity contribution in [1.29, 1.82) is 5.26 Å². The molecule has 1 unspecified atom stereocenters. The number of carbonyl (C=O) groups is 3. The van der Waals surface area contributed by atoms with Crippen LogP contribution in [0.5, 0.6) is 0 Å². The second-order valence-corrected chi connectivity index (χ2v) is 7.22. The number of imide groups is 1. The number of hydrogen-bond donors (Lipinski definition) is 2. The summed E-state index contributed by atoms with van der Waals surface area (Å²) < 4.78 is 14.4. The third-order valence-electron chi connectivity index (χ3n) is 4.37. The number of rotatable bonds is 4. The molecule has 1 aliphatic heterocycles. The normalized spacial score (nSPS) is 18.6. The molecule has 28 heavy (non-hydrogen) atoms. The zero-order chi connectivity index (χ0) is 20.5. The van der Waals surface area contributed by atoms with Crippen LogP contribution in [0.15, 0.2) is 46.9 Å². The summed E-state index contributed by atoms with van der Waals surface area (Å²) in [5.41, 5.74) is -0.535. The molecular weight excluding hydrogens is 431 g/mol. The molecule has 0 saturated carbocycles. The number of benzene rings is 2. The molecule has 0 bridgehead atoms. The summed E-state index contributed by atoms with van der Waals surface area (Å²) in [6.45, 7) is 0.951. The second kappa shape index (κ2) is 7.40. The minimum Gasteiger partial charge on any atom is -0.322 e. The Morgan fingerprint density at radius 2 is 1.96 bits per heavy atom. The summed E-state index contributed by atoms with van der Waals surface area (Å²) in [6, 6.07) is 11.5. The maximum Gasteiger partial charge on any atom is 0.325 e. The van der Waals surface area contributed by atoms with E-state index in [0.717, 1.165) is 4.90 Å². The zero-order valence-corrected chi connectivity index (χ0v) is 16.2. The van der Waals surface area contributed by atoms with Crippen molar-refractivity contribution in [2.45, 2.75) is 12.5 Å². The number of hydrogen-bond acceptors (Lipinski definition) is 4. The van der Waals surface area contributed by atoms with E-state index < -0.39 is 35.7 Å². The smallest absolute Gasteiger partial charge is 0.322 e. The summed E-state index contributed by atoms with van der Waals surface area (Å²) in [4.78, 5) is 38.1. The maximum atomic E-state index is 13.9. The summed E-state index contributed by atoms with van der Waals surface area (Å²) in [7, 11) is 0. The van der Waals surface area contributed by atoms with Gasteiger partial charge in [0.2, 0.25) is 5.91 Å². The Morgan fingerprint density at radius 1 is 1.29 bits per heavy atom. The van der Waals surface area contributed by atoms with Gasteiger partial charge in [0.15, 0.2) is 0 Å². The summed E-state index contributed by atoms with van der Waals surface area (Å²) in [5, 5.41) is 13.8. The standard InChI is InChI=1S/C19H14BrFN4O3/c1-19(12-4-2-11(9-22)3-5-12)17(27)25(18(28)24-19)10-16(26)23-15-7-6-13(20)8-14(15)21/h2-8H,10H2,1H3,(H,23,26)(H,24,28). The largest absolute Gasteiger partial charge is 0.325 e. The fourth-order valence-electron chi connectivity index (χ4n) is 2.84. The van der Waals surface area contributed by atoms with E-state index in [2.05, 4.69) is 26.6 Å². The lowest BCUT2D eigenvalue weighted by Gasteiger charge is -2.22. The molecule has 0 spiro atoms. The third kappa shape index (κ3) is 3.59. The molecule has 0 aromatic heterocycles. The summed E-state index contributed by atoms with van der Waals surface area (Å²) in [5.74, 6) is -1.98. The molecule has 142 valence electrons. The average molecular weight is 445 g/mol. The highest BCUT2D eigenvalue weighted by Crippen LogP contribution is 2.29. The van der Waals surface area contributed by atoms with Gasteiger partial charge in [-0.15, -0.1) is 0 Å². The highest BCUT2D eigenvalue weighted by Gasteiger charge is 2.49. The van der Waals surface area contributed by atoms with Crippen molar-refractivity contribution >= 4 is 39.5 Å². The highest BCUT2D eigenvalue weighted by atomic mass is 79.9. The number of anilines is 1. The van der Waals surface area contributed by atoms with Gasteiger partial charge in [-0.05, 0) is 42.8 Å². The first-order valence-corrected chi connectivity index (χ1v) is 8.93. The van der Waals surface area contributed by atoms with Crippen molar-refractivity contribution < 1.29 is 18.8 Å². The molecule has 4 amide bonds. The third-order valence-corrected chi connectivity index (χ3v) is 4.87. The minimum atomic E-state index is -1.37. The molecule has 7 nitrogen and oxygen atoms in total. The SMILES string of the molecule is CC1(c2ccc(C#N)cc2)NC(=O)N(CC(=O)Nc2ccc(Br)cc2F)C1=O. The molecule has 1 saturated heterocycles. The number of urea groups is 1. The van der Waals surface area contributed by atoms with Crippen molar-refractivity contribution in [1.82, 2.24) is 10.2 Å². The van der Waals surface area contributed by atoms with E-state index in [0.29, 0.717) is 15.6 Å². The molecule has 1 atom stereocenters. The van der Waals surface area contributed by atoms with E-state index in [4.69, 9.17) is 5.26 Å². The van der Waals surface area contributed by atoms with Crippen LogP contribution in [0.4, 0.5) is 14.9 Å². The van der Waals surface area contributed by atoms with E-state index in [-0.39, 0.29) is 5.69 Å². The molecule has 1 aliphatic rings. The maximum absolute atomic E-state index is 13.9. The van der Waals surface area contributed by atoms with Gasteiger partial charge in [0.05, 0.1) is 17.3 Å². The molecule has 1 heterocycles. The molecular formula is C19H14BrFN4O3. The van der Waals surface area contributed by atoms with Crippen LogP contribution >= 0.6 is 15.9 Å². The van der Waals surface area contributed by atoms with Crippen molar-refractivity contribution in [3.63, 3.8) is 0 Å². The lowest BCUT2D eigenvalue weighted by molar-refractivity contribution is -0.133. The second-order valence-electron chi connectivity index (χ2n) is 6.31. The van der Waals surface area contributed by atoms with Crippen LogP contribution in [0.25, 0.3) is 0 Å². The number of amides is 4. The topological polar surface area (TPSA) is 102 Å². The van der Waals surface area contributed by atoms with E-state index in [1.165, 1.54) is 31.2 Å². The minimum absolute atomic E-state index is 0.0601. The first-order valence-electron chi connectivity index (χ1n) is 8.14. The zero-order valence-electron chi connectivity index (χ0n) is 14.6. The fourth-order valence-corrected chi connectivity index (χ4v) is 3.17. The molecule has 9 heteroatoms. The fraction of sp³-hybridized carbons (Fsp3) is 0.158. The Morgan fingerprint density at radius 3 is 2.57 bits per heavy atom. The summed E-state index contributed by atoms with van der Waals surface area (Å²) >= 11 is 3.12. The van der Waals surface area contributed by atoms with Crippen LogP contribution < -0.4 is 10.6 Å². The monoisotopic (exact) mass is 444 g/mol. The lowest BCUT2D eigenvalue weighted by atomic mass is 9.91. The number of nitrogens with one attached hydrogen (secondary N) is 2. The van der Waals surface area contributed by atoms with E-state index in [1.807, 2.05) is 6.07 Å². The highest BCUT2D eigenvalue weighted by molar-refractivity contribution is 9.10. The molecule has 2 aromatic rings. The van der Waals surface area contributed by atoms with Crippen LogP contribution in [0.2, 0.25) is 0 Å². The van der Waals surface area contributed by atoms with Crippen LogP contribution in [0, 0.1) is 17.1 Å². The lowest BCUT2D eigenvalue weighted by Crippen LogP contribution is -2.42. The first-order chi connectivity index (χ1) is 13.2. The average Bonchev–Trinajstić information content (AvgIpc) is 2.88. The molecule has 0 radical (unpaired) electrons. The van der Waals surface area contributed by atoms with Gasteiger partial charge in [0.1, 0.15) is 17.9 Å². The number of nitriles is 1. The van der Waals surface area contributed by atoms with Crippen LogP contribution in [0.3, 0.4) is 0 Å². The van der Waals surface area contributed by atoms with Gasteiger partial charge >= 0.3 is 6.03 Å². The van der Waals surface area contributed by atoms with Crippen LogP contribution in [-0.2, 0) is 15.1 Å². The Hall–Kier alpha value is -3.25. The van der Waals surface area contributed by atoms with Gasteiger partial charge in [-0.2, -0.15) is 5.26 Å².